The highest BCUT2D eigenvalue weighted by Crippen LogP contribution is 2.23. The minimum Gasteiger partial charge on any atom is -0.355 e. The number of benzene rings is 1. The van der Waals surface area contributed by atoms with E-state index in [0.717, 1.165) is 30.0 Å². The highest BCUT2D eigenvalue weighted by molar-refractivity contribution is 5.83. The predicted octanol–water partition coefficient (Wildman–Crippen LogP) is 2.16. The minimum atomic E-state index is -0.136. The van der Waals surface area contributed by atoms with E-state index in [1.165, 1.54) is 19.3 Å². The molecular formula is C17H19N5O. The molecule has 1 saturated heterocycles. The monoisotopic (exact) mass is 309 g/mol. The third-order valence-corrected chi connectivity index (χ3v) is 4.38. The van der Waals surface area contributed by atoms with E-state index in [-0.39, 0.29) is 5.69 Å². The lowest BCUT2D eigenvalue weighted by molar-refractivity contribution is 0.574. The molecule has 3 aromatic rings. The van der Waals surface area contributed by atoms with Gasteiger partial charge in [-0.3, -0.25) is 4.57 Å². The maximum Gasteiger partial charge on any atom is 0.328 e. The number of anilines is 1. The van der Waals surface area contributed by atoms with Crippen molar-refractivity contribution in [1.29, 1.82) is 0 Å². The first kappa shape index (κ1) is 14.0. The minimum absolute atomic E-state index is 0.136. The molecule has 0 unspecified atom stereocenters. The van der Waals surface area contributed by atoms with Gasteiger partial charge in [0.2, 0.25) is 0 Å². The van der Waals surface area contributed by atoms with E-state index in [1.54, 1.807) is 10.9 Å². The lowest BCUT2D eigenvalue weighted by atomic mass is 10.1. The second-order valence-corrected chi connectivity index (χ2v) is 5.95. The summed E-state index contributed by atoms with van der Waals surface area (Å²) in [6, 6.07) is 9.95. The molecule has 0 spiro atoms. The molecule has 0 radical (unpaired) electrons. The van der Waals surface area contributed by atoms with E-state index < -0.39 is 0 Å². The van der Waals surface area contributed by atoms with Crippen LogP contribution in [0.15, 0.2) is 41.5 Å². The molecule has 23 heavy (non-hydrogen) atoms. The van der Waals surface area contributed by atoms with E-state index in [4.69, 9.17) is 0 Å². The Morgan fingerprint density at radius 1 is 1.04 bits per heavy atom. The summed E-state index contributed by atoms with van der Waals surface area (Å²) in [5.74, 6) is 0.846. The van der Waals surface area contributed by atoms with Crippen LogP contribution in [-0.4, -0.2) is 32.6 Å². The summed E-state index contributed by atoms with van der Waals surface area (Å²) >= 11 is 0. The van der Waals surface area contributed by atoms with E-state index in [2.05, 4.69) is 19.9 Å². The third-order valence-electron chi connectivity index (χ3n) is 4.38. The molecule has 1 aromatic carbocycles. The molecule has 1 fully saturated rings. The molecule has 1 N–H and O–H groups in total. The highest BCUT2D eigenvalue weighted by atomic mass is 16.1. The quantitative estimate of drug-likeness (QED) is 0.805. The van der Waals surface area contributed by atoms with Gasteiger partial charge >= 0.3 is 5.69 Å². The van der Waals surface area contributed by atoms with Crippen LogP contribution in [0, 0.1) is 0 Å². The first-order valence-electron chi connectivity index (χ1n) is 8.05. The Morgan fingerprint density at radius 2 is 1.83 bits per heavy atom. The number of fused-ring (bicyclic) bond motifs is 1. The number of H-pyrrole nitrogens is 1. The molecule has 0 bridgehead atoms. The molecule has 1 aliphatic heterocycles. The van der Waals surface area contributed by atoms with Crippen LogP contribution in [0.25, 0.3) is 11.2 Å². The smallest absolute Gasteiger partial charge is 0.328 e. The van der Waals surface area contributed by atoms with Crippen LogP contribution < -0.4 is 10.6 Å². The van der Waals surface area contributed by atoms with Gasteiger partial charge in [0.1, 0.15) is 11.8 Å². The molecule has 6 heteroatoms. The number of imidazole rings is 1. The van der Waals surface area contributed by atoms with Gasteiger partial charge < -0.3 is 9.88 Å². The number of nitrogens with one attached hydrogen (secondary N) is 1. The van der Waals surface area contributed by atoms with Crippen molar-refractivity contribution in [3.8, 4) is 0 Å². The van der Waals surface area contributed by atoms with E-state index in [0.29, 0.717) is 12.2 Å². The third kappa shape index (κ3) is 2.60. The summed E-state index contributed by atoms with van der Waals surface area (Å²) in [5.41, 5.74) is 2.36. The molecule has 4 rings (SSSR count). The molecular weight excluding hydrogens is 290 g/mol. The molecule has 2 aromatic heterocycles. The predicted molar refractivity (Wildman–Crippen MR) is 89.8 cm³/mol. The van der Waals surface area contributed by atoms with Crippen molar-refractivity contribution in [2.45, 2.75) is 25.8 Å². The molecule has 0 amide bonds. The Labute approximate surface area is 133 Å². The van der Waals surface area contributed by atoms with E-state index in [1.807, 2.05) is 30.3 Å². The summed E-state index contributed by atoms with van der Waals surface area (Å²) in [6.07, 6.45) is 5.15. The van der Waals surface area contributed by atoms with Crippen LogP contribution in [0.3, 0.4) is 0 Å². The number of hydrogen-bond acceptors (Lipinski definition) is 4. The lowest BCUT2D eigenvalue weighted by Gasteiger charge is -2.27. The van der Waals surface area contributed by atoms with Gasteiger partial charge in [0.25, 0.3) is 0 Å². The first-order valence-corrected chi connectivity index (χ1v) is 8.05. The number of piperidine rings is 1. The fourth-order valence-corrected chi connectivity index (χ4v) is 3.21. The first-order chi connectivity index (χ1) is 11.3. The summed E-state index contributed by atoms with van der Waals surface area (Å²) in [4.78, 5) is 26.4. The standard InChI is InChI=1S/C17H19N5O/c23-17-20-14-15(21-9-5-2-6-10-21)18-12-19-16(14)22(17)11-13-7-3-1-4-8-13/h1,3-4,7-8,12H,2,5-6,9-11H2,(H,20,23). The van der Waals surface area contributed by atoms with Crippen LogP contribution in [0.2, 0.25) is 0 Å². The zero-order valence-corrected chi connectivity index (χ0v) is 12.9. The Hall–Kier alpha value is -2.63. The van der Waals surface area contributed by atoms with E-state index >= 15 is 0 Å². The molecule has 6 nitrogen and oxygen atoms in total. The molecule has 118 valence electrons. The Morgan fingerprint density at radius 3 is 2.61 bits per heavy atom. The maximum absolute atomic E-state index is 12.4. The average molecular weight is 309 g/mol. The van der Waals surface area contributed by atoms with Crippen molar-refractivity contribution in [1.82, 2.24) is 19.5 Å². The van der Waals surface area contributed by atoms with Gasteiger partial charge in [-0.15, -0.1) is 0 Å². The van der Waals surface area contributed by atoms with Crippen LogP contribution in [0.5, 0.6) is 0 Å². The summed E-state index contributed by atoms with van der Waals surface area (Å²) in [7, 11) is 0. The number of aromatic nitrogens is 4. The second kappa shape index (κ2) is 5.87. The Kier molecular flexibility index (Phi) is 3.57. The van der Waals surface area contributed by atoms with Gasteiger partial charge in [-0.2, -0.15) is 0 Å². The van der Waals surface area contributed by atoms with Crippen molar-refractivity contribution in [2.75, 3.05) is 18.0 Å². The van der Waals surface area contributed by atoms with Gasteiger partial charge in [0, 0.05) is 13.1 Å². The zero-order chi connectivity index (χ0) is 15.6. The molecule has 3 heterocycles. The van der Waals surface area contributed by atoms with Crippen molar-refractivity contribution in [3.05, 3.63) is 52.7 Å². The van der Waals surface area contributed by atoms with Crippen molar-refractivity contribution >= 4 is 17.0 Å². The lowest BCUT2D eigenvalue weighted by Crippen LogP contribution is -2.30. The van der Waals surface area contributed by atoms with Crippen molar-refractivity contribution in [3.63, 3.8) is 0 Å². The summed E-state index contributed by atoms with van der Waals surface area (Å²) < 4.78 is 1.68. The van der Waals surface area contributed by atoms with Gasteiger partial charge in [-0.1, -0.05) is 30.3 Å². The molecule has 0 aliphatic carbocycles. The van der Waals surface area contributed by atoms with Crippen molar-refractivity contribution < 1.29 is 0 Å². The highest BCUT2D eigenvalue weighted by Gasteiger charge is 2.19. The summed E-state index contributed by atoms with van der Waals surface area (Å²) in [6.45, 7) is 2.48. The SMILES string of the molecule is O=c1[nH]c2c(N3CCCCC3)ncnc2n1Cc1ccccc1. The van der Waals surface area contributed by atoms with Crippen LogP contribution in [0.1, 0.15) is 24.8 Å². The molecule has 1 aliphatic rings. The zero-order valence-electron chi connectivity index (χ0n) is 12.9. The Balaban J connectivity index is 1.78. The topological polar surface area (TPSA) is 66.8 Å². The number of rotatable bonds is 3. The fraction of sp³-hybridized carbons (Fsp3) is 0.353. The summed E-state index contributed by atoms with van der Waals surface area (Å²) in [5, 5.41) is 0. The Bertz CT molecular complexity index is 862. The van der Waals surface area contributed by atoms with Gasteiger partial charge in [0.05, 0.1) is 6.54 Å². The normalized spacial score (nSPS) is 15.2. The second-order valence-electron chi connectivity index (χ2n) is 5.95. The van der Waals surface area contributed by atoms with Gasteiger partial charge in [0.15, 0.2) is 11.5 Å². The fourth-order valence-electron chi connectivity index (χ4n) is 3.21. The van der Waals surface area contributed by atoms with Gasteiger partial charge in [-0.25, -0.2) is 14.8 Å². The van der Waals surface area contributed by atoms with Crippen LogP contribution >= 0.6 is 0 Å². The van der Waals surface area contributed by atoms with Crippen LogP contribution in [0.4, 0.5) is 5.82 Å². The molecule has 0 atom stereocenters. The van der Waals surface area contributed by atoms with Crippen molar-refractivity contribution in [2.24, 2.45) is 0 Å². The van der Waals surface area contributed by atoms with Crippen LogP contribution in [-0.2, 0) is 6.54 Å². The molecule has 0 saturated carbocycles. The largest absolute Gasteiger partial charge is 0.355 e. The number of aromatic amines is 1. The van der Waals surface area contributed by atoms with Gasteiger partial charge in [-0.05, 0) is 24.8 Å². The number of nitrogens with zero attached hydrogens (tertiary/aromatic N) is 4. The average Bonchev–Trinajstić information content (AvgIpc) is 2.92. The maximum atomic E-state index is 12.4. The number of hydrogen-bond donors (Lipinski definition) is 1. The van der Waals surface area contributed by atoms with E-state index in [9.17, 15) is 4.79 Å².